The zero-order valence-corrected chi connectivity index (χ0v) is 12.7. The molecule has 2 heterocycles. The molecule has 1 aromatic heterocycles. The zero-order chi connectivity index (χ0) is 15.2. The lowest BCUT2D eigenvalue weighted by molar-refractivity contribution is 0.0661. The molecule has 3 rings (SSSR count). The lowest BCUT2D eigenvalue weighted by Crippen LogP contribution is -2.39. The molecule has 1 saturated heterocycles. The van der Waals surface area contributed by atoms with E-state index in [0.717, 1.165) is 31.7 Å². The van der Waals surface area contributed by atoms with Gasteiger partial charge in [-0.25, -0.2) is 13.2 Å². The monoisotopic (exact) mass is 313 g/mol. The van der Waals surface area contributed by atoms with Crippen molar-refractivity contribution < 1.29 is 22.7 Å². The standard InChI is InChI=1S/C14H19NO5S/c1-9-13(8-12(20-9)14(16)17)21(18,19)15-7-6-10-4-2-3-5-11(10)15/h8,10-11H,2-7H2,1H3,(H,16,17). The normalized spacial score (nSPS) is 26.7. The van der Waals surface area contributed by atoms with Gasteiger partial charge < -0.3 is 9.52 Å². The molecule has 1 aliphatic carbocycles. The topological polar surface area (TPSA) is 87.8 Å². The minimum absolute atomic E-state index is 0.00822. The van der Waals surface area contributed by atoms with Crippen LogP contribution in [0.3, 0.4) is 0 Å². The van der Waals surface area contributed by atoms with E-state index in [1.165, 1.54) is 13.3 Å². The van der Waals surface area contributed by atoms with Crippen LogP contribution in [-0.4, -0.2) is 36.4 Å². The Morgan fingerprint density at radius 1 is 1.33 bits per heavy atom. The van der Waals surface area contributed by atoms with Crippen molar-refractivity contribution in [3.63, 3.8) is 0 Å². The second kappa shape index (κ2) is 5.14. The van der Waals surface area contributed by atoms with Gasteiger partial charge in [0, 0.05) is 18.7 Å². The fourth-order valence-corrected chi connectivity index (χ4v) is 5.51. The van der Waals surface area contributed by atoms with Crippen LogP contribution in [0.2, 0.25) is 0 Å². The van der Waals surface area contributed by atoms with Crippen molar-refractivity contribution in [2.75, 3.05) is 6.54 Å². The van der Waals surface area contributed by atoms with E-state index in [1.807, 2.05) is 0 Å². The summed E-state index contributed by atoms with van der Waals surface area (Å²) in [5, 5.41) is 8.94. The number of carbonyl (C=O) groups is 1. The summed E-state index contributed by atoms with van der Waals surface area (Å²) in [6.07, 6.45) is 5.10. The minimum Gasteiger partial charge on any atom is -0.475 e. The quantitative estimate of drug-likeness (QED) is 0.924. The maximum atomic E-state index is 12.8. The molecule has 6 nitrogen and oxygen atoms in total. The predicted molar refractivity (Wildman–Crippen MR) is 74.7 cm³/mol. The van der Waals surface area contributed by atoms with Crippen LogP contribution in [0.4, 0.5) is 0 Å². The first kappa shape index (κ1) is 14.6. The number of fused-ring (bicyclic) bond motifs is 1. The number of hydrogen-bond donors (Lipinski definition) is 1. The number of furan rings is 1. The molecule has 2 aliphatic rings. The van der Waals surface area contributed by atoms with Crippen LogP contribution in [0, 0.1) is 12.8 Å². The Bertz CT molecular complexity index is 663. The smallest absolute Gasteiger partial charge is 0.371 e. The van der Waals surface area contributed by atoms with Gasteiger partial charge in [0.1, 0.15) is 10.7 Å². The van der Waals surface area contributed by atoms with Crippen LogP contribution >= 0.6 is 0 Å². The lowest BCUT2D eigenvalue weighted by Gasteiger charge is -2.30. The fourth-order valence-electron chi connectivity index (χ4n) is 3.61. The SMILES string of the molecule is Cc1oc(C(=O)O)cc1S(=O)(=O)N1CCC2CCCCC21. The molecule has 116 valence electrons. The maximum absolute atomic E-state index is 12.8. The molecule has 1 aromatic rings. The van der Waals surface area contributed by atoms with Gasteiger partial charge in [0.25, 0.3) is 0 Å². The Morgan fingerprint density at radius 3 is 2.71 bits per heavy atom. The number of sulfonamides is 1. The Kier molecular flexibility index (Phi) is 3.57. The van der Waals surface area contributed by atoms with Crippen molar-refractivity contribution in [2.45, 2.75) is 50.0 Å². The van der Waals surface area contributed by atoms with E-state index in [1.54, 1.807) is 4.31 Å². The molecule has 1 aliphatic heterocycles. The molecule has 21 heavy (non-hydrogen) atoms. The van der Waals surface area contributed by atoms with Crippen molar-refractivity contribution in [1.29, 1.82) is 0 Å². The highest BCUT2D eigenvalue weighted by Crippen LogP contribution is 2.39. The zero-order valence-electron chi connectivity index (χ0n) is 11.9. The van der Waals surface area contributed by atoms with E-state index < -0.39 is 16.0 Å². The van der Waals surface area contributed by atoms with Crippen LogP contribution < -0.4 is 0 Å². The Morgan fingerprint density at radius 2 is 2.05 bits per heavy atom. The summed E-state index contributed by atoms with van der Waals surface area (Å²) >= 11 is 0. The molecule has 0 spiro atoms. The van der Waals surface area contributed by atoms with Gasteiger partial charge >= 0.3 is 5.97 Å². The van der Waals surface area contributed by atoms with Gasteiger partial charge in [0.15, 0.2) is 0 Å². The third-order valence-electron chi connectivity index (χ3n) is 4.63. The van der Waals surface area contributed by atoms with E-state index in [9.17, 15) is 13.2 Å². The molecule has 2 atom stereocenters. The molecule has 2 fully saturated rings. The third-order valence-corrected chi connectivity index (χ3v) is 6.66. The Hall–Kier alpha value is -1.34. The van der Waals surface area contributed by atoms with E-state index in [0.29, 0.717) is 12.5 Å². The van der Waals surface area contributed by atoms with Crippen LogP contribution in [0.5, 0.6) is 0 Å². The van der Waals surface area contributed by atoms with Crippen LogP contribution in [0.15, 0.2) is 15.4 Å². The van der Waals surface area contributed by atoms with Gasteiger partial charge in [-0.2, -0.15) is 4.31 Å². The Labute approximate surface area is 123 Å². The summed E-state index contributed by atoms with van der Waals surface area (Å²) in [4.78, 5) is 10.9. The summed E-state index contributed by atoms with van der Waals surface area (Å²) in [6.45, 7) is 2.01. The summed E-state index contributed by atoms with van der Waals surface area (Å²) in [6, 6.07) is 1.19. The van der Waals surface area contributed by atoms with Crippen molar-refractivity contribution in [3.05, 3.63) is 17.6 Å². The number of carboxylic acids is 1. The van der Waals surface area contributed by atoms with Gasteiger partial charge in [-0.15, -0.1) is 0 Å². The van der Waals surface area contributed by atoms with Crippen molar-refractivity contribution in [1.82, 2.24) is 4.31 Å². The van der Waals surface area contributed by atoms with Crippen LogP contribution in [0.25, 0.3) is 0 Å². The second-order valence-corrected chi connectivity index (χ2v) is 7.71. The van der Waals surface area contributed by atoms with E-state index in [4.69, 9.17) is 9.52 Å². The van der Waals surface area contributed by atoms with Gasteiger partial charge in [-0.05, 0) is 32.1 Å². The van der Waals surface area contributed by atoms with Gasteiger partial charge in [-0.1, -0.05) is 12.8 Å². The predicted octanol–water partition coefficient (Wildman–Crippen LogP) is 2.24. The maximum Gasteiger partial charge on any atom is 0.371 e. The average molecular weight is 313 g/mol. The Balaban J connectivity index is 1.95. The fraction of sp³-hybridized carbons (Fsp3) is 0.643. The number of nitrogens with zero attached hydrogens (tertiary/aromatic N) is 1. The van der Waals surface area contributed by atoms with Gasteiger partial charge in [-0.3, -0.25) is 0 Å². The summed E-state index contributed by atoms with van der Waals surface area (Å²) in [5.74, 6) is -0.992. The first-order valence-electron chi connectivity index (χ1n) is 7.27. The number of rotatable bonds is 3. The first-order valence-corrected chi connectivity index (χ1v) is 8.71. The van der Waals surface area contributed by atoms with E-state index >= 15 is 0 Å². The lowest BCUT2D eigenvalue weighted by atomic mass is 9.86. The molecule has 0 radical (unpaired) electrons. The van der Waals surface area contributed by atoms with Gasteiger partial charge in [0.05, 0.1) is 0 Å². The highest BCUT2D eigenvalue weighted by molar-refractivity contribution is 7.89. The number of aryl methyl sites for hydroxylation is 1. The molecule has 7 heteroatoms. The summed E-state index contributed by atoms with van der Waals surface area (Å²) in [7, 11) is -3.68. The summed E-state index contributed by atoms with van der Waals surface area (Å²) in [5.41, 5.74) is 0. The molecular formula is C14H19NO5S. The second-order valence-electron chi connectivity index (χ2n) is 5.85. The summed E-state index contributed by atoms with van der Waals surface area (Å²) < 4.78 is 32.2. The van der Waals surface area contributed by atoms with Crippen molar-refractivity contribution in [2.24, 2.45) is 5.92 Å². The first-order chi connectivity index (χ1) is 9.91. The minimum atomic E-state index is -3.68. The average Bonchev–Trinajstić information content (AvgIpc) is 3.02. The highest BCUT2D eigenvalue weighted by atomic mass is 32.2. The molecule has 0 amide bonds. The highest BCUT2D eigenvalue weighted by Gasteiger charge is 2.43. The van der Waals surface area contributed by atoms with E-state index in [2.05, 4.69) is 0 Å². The molecule has 0 aromatic carbocycles. The van der Waals surface area contributed by atoms with Crippen LogP contribution in [-0.2, 0) is 10.0 Å². The van der Waals surface area contributed by atoms with E-state index in [-0.39, 0.29) is 22.5 Å². The number of carboxylic acid groups (broad SMARTS) is 1. The third kappa shape index (κ3) is 2.38. The van der Waals surface area contributed by atoms with Crippen molar-refractivity contribution >= 4 is 16.0 Å². The van der Waals surface area contributed by atoms with Crippen LogP contribution in [0.1, 0.15) is 48.4 Å². The molecule has 2 unspecified atom stereocenters. The van der Waals surface area contributed by atoms with Crippen molar-refractivity contribution in [3.8, 4) is 0 Å². The molecular weight excluding hydrogens is 294 g/mol. The molecule has 0 bridgehead atoms. The number of hydrogen-bond acceptors (Lipinski definition) is 4. The molecule has 1 saturated carbocycles. The van der Waals surface area contributed by atoms with Gasteiger partial charge in [0.2, 0.25) is 15.8 Å². The molecule has 1 N–H and O–H groups in total. The largest absolute Gasteiger partial charge is 0.475 e. The number of aromatic carboxylic acids is 1.